The van der Waals surface area contributed by atoms with Crippen LogP contribution in [0.15, 0.2) is 70.7 Å². The van der Waals surface area contributed by atoms with E-state index in [0.717, 1.165) is 36.0 Å². The highest BCUT2D eigenvalue weighted by atomic mass is 127. The Balaban J connectivity index is 1.72. The number of anilines is 1. The molecular weight excluding hydrogens is 567 g/mol. The van der Waals surface area contributed by atoms with E-state index in [0.29, 0.717) is 12.3 Å². The van der Waals surface area contributed by atoms with Crippen LogP contribution in [0.25, 0.3) is 6.08 Å². The molecule has 3 aromatic carbocycles. The van der Waals surface area contributed by atoms with E-state index < -0.39 is 5.91 Å². The molecule has 0 fully saturated rings. The van der Waals surface area contributed by atoms with E-state index >= 15 is 0 Å². The van der Waals surface area contributed by atoms with E-state index in [1.807, 2.05) is 80.6 Å². The van der Waals surface area contributed by atoms with Gasteiger partial charge in [0.1, 0.15) is 24.0 Å². The van der Waals surface area contributed by atoms with Crippen molar-refractivity contribution in [3.8, 4) is 11.8 Å². The van der Waals surface area contributed by atoms with Gasteiger partial charge in [0.2, 0.25) is 0 Å². The molecule has 1 amide bonds. The van der Waals surface area contributed by atoms with E-state index in [9.17, 15) is 10.1 Å². The summed E-state index contributed by atoms with van der Waals surface area (Å²) in [6.07, 6.45) is 1.58. The molecule has 0 aliphatic rings. The second kappa shape index (κ2) is 10.6. The van der Waals surface area contributed by atoms with E-state index in [1.54, 1.807) is 6.08 Å². The second-order valence-electron chi connectivity index (χ2n) is 7.05. The number of halogens is 2. The summed E-state index contributed by atoms with van der Waals surface area (Å²) in [7, 11) is 0. The summed E-state index contributed by atoms with van der Waals surface area (Å²) < 4.78 is 7.84. The Morgan fingerprint density at radius 3 is 2.55 bits per heavy atom. The second-order valence-corrected chi connectivity index (χ2v) is 9.13. The number of hydrogen-bond donors (Lipinski definition) is 1. The molecule has 156 valence electrons. The van der Waals surface area contributed by atoms with Crippen LogP contribution in [-0.2, 0) is 11.4 Å². The number of nitriles is 1. The van der Waals surface area contributed by atoms with Crippen molar-refractivity contribution in [1.82, 2.24) is 0 Å². The average Bonchev–Trinajstić information content (AvgIpc) is 2.75. The lowest BCUT2D eigenvalue weighted by molar-refractivity contribution is -0.112. The Labute approximate surface area is 204 Å². The van der Waals surface area contributed by atoms with Crippen molar-refractivity contribution in [3.63, 3.8) is 0 Å². The summed E-state index contributed by atoms with van der Waals surface area (Å²) in [5, 5.41) is 12.3. The highest BCUT2D eigenvalue weighted by Gasteiger charge is 2.12. The summed E-state index contributed by atoms with van der Waals surface area (Å²) in [6.45, 7) is 4.33. The molecule has 4 nitrogen and oxygen atoms in total. The standard InChI is InChI=1S/C25H20BrIN2O2/c1-16-3-4-17(2)23(11-16)29-25(30)20(14-28)12-19-7-10-24(22(27)13-19)31-15-18-5-8-21(26)9-6-18/h3-13H,15H2,1-2H3,(H,29,30)/b20-12+. The van der Waals surface area contributed by atoms with Crippen LogP contribution < -0.4 is 10.1 Å². The van der Waals surface area contributed by atoms with Gasteiger partial charge in [0.15, 0.2) is 0 Å². The SMILES string of the molecule is Cc1ccc(C)c(NC(=O)/C(C#N)=C/c2ccc(OCc3ccc(Br)cc3)c(I)c2)c1. The summed E-state index contributed by atoms with van der Waals surface area (Å²) in [5.41, 5.74) is 4.55. The van der Waals surface area contributed by atoms with Crippen LogP contribution in [-0.4, -0.2) is 5.91 Å². The first kappa shape index (κ1) is 23.0. The summed E-state index contributed by atoms with van der Waals surface area (Å²) in [6, 6.07) is 21.3. The molecule has 6 heteroatoms. The van der Waals surface area contributed by atoms with Crippen molar-refractivity contribution in [2.24, 2.45) is 0 Å². The van der Waals surface area contributed by atoms with Gasteiger partial charge in [-0.1, -0.05) is 46.3 Å². The normalized spacial score (nSPS) is 11.0. The molecule has 0 bridgehead atoms. The molecular formula is C25H20BrIN2O2. The number of carbonyl (C=O) groups excluding carboxylic acids is 1. The molecule has 0 saturated heterocycles. The first-order valence-corrected chi connectivity index (χ1v) is 11.4. The van der Waals surface area contributed by atoms with Crippen LogP contribution in [0.2, 0.25) is 0 Å². The van der Waals surface area contributed by atoms with E-state index in [-0.39, 0.29) is 5.57 Å². The van der Waals surface area contributed by atoms with Gasteiger partial charge in [0.25, 0.3) is 5.91 Å². The quantitative estimate of drug-likeness (QED) is 0.196. The Hall–Kier alpha value is -2.63. The molecule has 0 spiro atoms. The number of rotatable bonds is 6. The fourth-order valence-corrected chi connectivity index (χ4v) is 3.80. The molecule has 0 radical (unpaired) electrons. The number of nitrogens with zero attached hydrogens (tertiary/aromatic N) is 1. The highest BCUT2D eigenvalue weighted by Crippen LogP contribution is 2.25. The number of aryl methyl sites for hydroxylation is 2. The zero-order valence-corrected chi connectivity index (χ0v) is 20.8. The molecule has 0 heterocycles. The number of nitrogens with one attached hydrogen (secondary N) is 1. The third-order valence-electron chi connectivity index (χ3n) is 4.58. The molecule has 0 saturated carbocycles. The van der Waals surface area contributed by atoms with Crippen molar-refractivity contribution in [2.45, 2.75) is 20.5 Å². The topological polar surface area (TPSA) is 62.1 Å². The molecule has 0 aliphatic carbocycles. The largest absolute Gasteiger partial charge is 0.488 e. The zero-order valence-electron chi connectivity index (χ0n) is 17.1. The Kier molecular flexibility index (Phi) is 7.88. The number of benzene rings is 3. The minimum atomic E-state index is -0.429. The zero-order chi connectivity index (χ0) is 22.4. The third kappa shape index (κ3) is 6.42. The molecule has 0 atom stereocenters. The Morgan fingerprint density at radius 1 is 1.13 bits per heavy atom. The van der Waals surface area contributed by atoms with Gasteiger partial charge in [-0.2, -0.15) is 5.26 Å². The van der Waals surface area contributed by atoms with Crippen molar-refractivity contribution >= 4 is 56.2 Å². The van der Waals surface area contributed by atoms with E-state index in [2.05, 4.69) is 43.8 Å². The van der Waals surface area contributed by atoms with Gasteiger partial charge < -0.3 is 10.1 Å². The number of hydrogen-bond acceptors (Lipinski definition) is 3. The summed E-state index contributed by atoms with van der Waals surface area (Å²) in [5.74, 6) is 0.320. The van der Waals surface area contributed by atoms with Gasteiger partial charge in [-0.25, -0.2) is 0 Å². The molecule has 3 aromatic rings. The Bertz CT molecular complexity index is 1180. The third-order valence-corrected chi connectivity index (χ3v) is 5.95. The maximum atomic E-state index is 12.6. The first-order valence-electron chi connectivity index (χ1n) is 9.53. The fourth-order valence-electron chi connectivity index (χ4n) is 2.84. The van der Waals surface area contributed by atoms with Gasteiger partial charge >= 0.3 is 0 Å². The lowest BCUT2D eigenvalue weighted by Crippen LogP contribution is -2.14. The molecule has 3 rings (SSSR count). The number of ether oxygens (including phenoxy) is 1. The van der Waals surface area contributed by atoms with E-state index in [1.165, 1.54) is 0 Å². The number of carbonyl (C=O) groups is 1. The van der Waals surface area contributed by atoms with Crippen LogP contribution in [0.4, 0.5) is 5.69 Å². The molecule has 31 heavy (non-hydrogen) atoms. The highest BCUT2D eigenvalue weighted by molar-refractivity contribution is 14.1. The predicted molar refractivity (Wildman–Crippen MR) is 136 cm³/mol. The van der Waals surface area contributed by atoms with Crippen LogP contribution in [0, 0.1) is 28.7 Å². The summed E-state index contributed by atoms with van der Waals surface area (Å²) in [4.78, 5) is 12.6. The van der Waals surface area contributed by atoms with Gasteiger partial charge in [0.05, 0.1) is 3.57 Å². The predicted octanol–water partition coefficient (Wildman–Crippen LogP) is 6.80. The van der Waals surface area contributed by atoms with Crippen molar-refractivity contribution in [2.75, 3.05) is 5.32 Å². The van der Waals surface area contributed by atoms with Crippen molar-refractivity contribution < 1.29 is 9.53 Å². The maximum absolute atomic E-state index is 12.6. The molecule has 1 N–H and O–H groups in total. The minimum absolute atomic E-state index is 0.0419. The van der Waals surface area contributed by atoms with Crippen LogP contribution in [0.1, 0.15) is 22.3 Å². The van der Waals surface area contributed by atoms with Crippen molar-refractivity contribution in [1.29, 1.82) is 5.26 Å². The smallest absolute Gasteiger partial charge is 0.266 e. The monoisotopic (exact) mass is 586 g/mol. The minimum Gasteiger partial charge on any atom is -0.488 e. The van der Waals surface area contributed by atoms with Crippen LogP contribution >= 0.6 is 38.5 Å². The van der Waals surface area contributed by atoms with Gasteiger partial charge in [-0.05, 0) is 95.1 Å². The lowest BCUT2D eigenvalue weighted by atomic mass is 10.1. The van der Waals surface area contributed by atoms with Gasteiger partial charge in [-0.3, -0.25) is 4.79 Å². The molecule has 0 aromatic heterocycles. The number of amides is 1. The Morgan fingerprint density at radius 2 is 1.87 bits per heavy atom. The lowest BCUT2D eigenvalue weighted by Gasteiger charge is -2.10. The average molecular weight is 587 g/mol. The van der Waals surface area contributed by atoms with Gasteiger partial charge in [0, 0.05) is 10.2 Å². The molecule has 0 aliphatic heterocycles. The van der Waals surface area contributed by atoms with E-state index in [4.69, 9.17) is 4.74 Å². The van der Waals surface area contributed by atoms with Gasteiger partial charge in [-0.15, -0.1) is 0 Å². The molecule has 0 unspecified atom stereocenters. The van der Waals surface area contributed by atoms with Crippen LogP contribution in [0.3, 0.4) is 0 Å². The summed E-state index contributed by atoms with van der Waals surface area (Å²) >= 11 is 5.61. The fraction of sp³-hybridized carbons (Fsp3) is 0.120. The van der Waals surface area contributed by atoms with Crippen molar-refractivity contribution in [3.05, 3.63) is 96.5 Å². The first-order chi connectivity index (χ1) is 14.9. The van der Waals surface area contributed by atoms with Crippen LogP contribution in [0.5, 0.6) is 5.75 Å². The maximum Gasteiger partial charge on any atom is 0.266 e.